The van der Waals surface area contributed by atoms with Crippen LogP contribution in [-0.4, -0.2) is 52.9 Å². The number of hydrogen-bond acceptors (Lipinski definition) is 4. The first-order chi connectivity index (χ1) is 10.1. The molecular weight excluding hydrogens is 290 g/mol. The Labute approximate surface area is 128 Å². The number of rotatable bonds is 5. The van der Waals surface area contributed by atoms with E-state index in [4.69, 9.17) is 4.74 Å². The van der Waals surface area contributed by atoms with E-state index in [0.717, 1.165) is 4.90 Å². The zero-order chi connectivity index (χ0) is 15.2. The van der Waals surface area contributed by atoms with Crippen molar-refractivity contribution in [1.29, 1.82) is 0 Å². The topological polar surface area (TPSA) is 66.8 Å². The minimum absolute atomic E-state index is 0.0630. The van der Waals surface area contributed by atoms with Crippen molar-refractivity contribution in [2.24, 2.45) is 0 Å². The highest BCUT2D eigenvalue weighted by Gasteiger charge is 2.35. The van der Waals surface area contributed by atoms with Crippen molar-refractivity contribution in [3.05, 3.63) is 30.3 Å². The van der Waals surface area contributed by atoms with Gasteiger partial charge in [-0.25, -0.2) is 4.79 Å². The highest BCUT2D eigenvalue weighted by atomic mass is 32.2. The Bertz CT molecular complexity index is 494. The summed E-state index contributed by atoms with van der Waals surface area (Å²) in [6.07, 6.45) is 0.655. The van der Waals surface area contributed by atoms with E-state index in [2.05, 4.69) is 0 Å². The van der Waals surface area contributed by atoms with E-state index in [1.807, 2.05) is 37.3 Å². The molecule has 0 aromatic heterocycles. The van der Waals surface area contributed by atoms with Crippen molar-refractivity contribution < 1.29 is 19.4 Å². The monoisotopic (exact) mass is 309 g/mol. The van der Waals surface area contributed by atoms with Gasteiger partial charge < -0.3 is 14.7 Å². The summed E-state index contributed by atoms with van der Waals surface area (Å²) in [4.78, 5) is 26.3. The van der Waals surface area contributed by atoms with Gasteiger partial charge in [0.2, 0.25) is 5.91 Å². The van der Waals surface area contributed by atoms with Crippen LogP contribution < -0.4 is 0 Å². The lowest BCUT2D eigenvalue weighted by atomic mass is 10.2. The van der Waals surface area contributed by atoms with E-state index in [-0.39, 0.29) is 17.8 Å². The number of morpholine rings is 1. The number of benzene rings is 1. The van der Waals surface area contributed by atoms with Crippen molar-refractivity contribution in [3.63, 3.8) is 0 Å². The molecule has 0 aliphatic carbocycles. The molecule has 114 valence electrons. The Kier molecular flexibility index (Phi) is 5.64. The summed E-state index contributed by atoms with van der Waals surface area (Å²) in [5, 5.41) is 8.95. The van der Waals surface area contributed by atoms with Gasteiger partial charge in [-0.3, -0.25) is 4.79 Å². The number of carbonyl (C=O) groups is 2. The minimum Gasteiger partial charge on any atom is -0.480 e. The zero-order valence-electron chi connectivity index (χ0n) is 11.9. The van der Waals surface area contributed by atoms with Crippen molar-refractivity contribution in [3.8, 4) is 0 Å². The zero-order valence-corrected chi connectivity index (χ0v) is 12.7. The second kappa shape index (κ2) is 7.47. The first kappa shape index (κ1) is 15.9. The first-order valence-corrected chi connectivity index (χ1v) is 7.84. The van der Waals surface area contributed by atoms with Crippen LogP contribution in [0.3, 0.4) is 0 Å². The third-order valence-electron chi connectivity index (χ3n) is 3.36. The van der Waals surface area contributed by atoms with Crippen molar-refractivity contribution in [2.75, 3.05) is 19.8 Å². The molecule has 2 unspecified atom stereocenters. The molecule has 1 N–H and O–H groups in total. The van der Waals surface area contributed by atoms with E-state index < -0.39 is 12.0 Å². The van der Waals surface area contributed by atoms with Crippen LogP contribution in [0.2, 0.25) is 0 Å². The predicted molar refractivity (Wildman–Crippen MR) is 80.3 cm³/mol. The van der Waals surface area contributed by atoms with E-state index in [1.165, 1.54) is 16.7 Å². The van der Waals surface area contributed by atoms with E-state index in [0.29, 0.717) is 19.6 Å². The van der Waals surface area contributed by atoms with Gasteiger partial charge in [0.1, 0.15) is 0 Å². The van der Waals surface area contributed by atoms with Crippen LogP contribution in [0, 0.1) is 0 Å². The Morgan fingerprint density at radius 1 is 1.43 bits per heavy atom. The number of hydrogen-bond donors (Lipinski definition) is 1. The van der Waals surface area contributed by atoms with Crippen LogP contribution in [-0.2, 0) is 14.3 Å². The van der Waals surface area contributed by atoms with E-state index in [9.17, 15) is 14.7 Å². The molecule has 1 amide bonds. The second-order valence-electron chi connectivity index (χ2n) is 4.79. The smallest absolute Gasteiger partial charge is 0.328 e. The molecule has 1 saturated heterocycles. The van der Waals surface area contributed by atoms with Gasteiger partial charge in [0.25, 0.3) is 0 Å². The molecule has 2 rings (SSSR count). The van der Waals surface area contributed by atoms with Crippen LogP contribution in [0.25, 0.3) is 0 Å². The highest BCUT2D eigenvalue weighted by molar-refractivity contribution is 8.00. The standard InChI is InChI=1S/C15H19NO4S/c1-2-13(21-11-6-4-3-5-7-11)14(17)16-8-9-20-10-12(16)15(18)19/h3-7,12-13H,2,8-10H2,1H3,(H,18,19). The SMILES string of the molecule is CCC(Sc1ccccc1)C(=O)N1CCOCC1C(=O)O. The van der Waals surface area contributed by atoms with Gasteiger partial charge >= 0.3 is 5.97 Å². The molecule has 1 aromatic rings. The highest BCUT2D eigenvalue weighted by Crippen LogP contribution is 2.27. The fraction of sp³-hybridized carbons (Fsp3) is 0.467. The Morgan fingerprint density at radius 3 is 2.76 bits per heavy atom. The third-order valence-corrected chi connectivity index (χ3v) is 4.73. The largest absolute Gasteiger partial charge is 0.480 e. The van der Waals surface area contributed by atoms with E-state index >= 15 is 0 Å². The Hall–Kier alpha value is -1.53. The lowest BCUT2D eigenvalue weighted by Crippen LogP contribution is -2.54. The Balaban J connectivity index is 2.09. The summed E-state index contributed by atoms with van der Waals surface area (Å²) < 4.78 is 5.17. The third kappa shape index (κ3) is 3.98. The molecule has 1 aliphatic heterocycles. The van der Waals surface area contributed by atoms with Crippen LogP contribution in [0.5, 0.6) is 0 Å². The maximum atomic E-state index is 12.6. The van der Waals surface area contributed by atoms with Gasteiger partial charge in [-0.05, 0) is 18.6 Å². The molecule has 0 saturated carbocycles. The molecule has 1 fully saturated rings. The van der Waals surface area contributed by atoms with Crippen LogP contribution in [0.4, 0.5) is 0 Å². The van der Waals surface area contributed by atoms with Gasteiger partial charge in [-0.1, -0.05) is 25.1 Å². The minimum atomic E-state index is -1.01. The van der Waals surface area contributed by atoms with Gasteiger partial charge in [0.05, 0.1) is 18.5 Å². The second-order valence-corrected chi connectivity index (χ2v) is 6.06. The molecule has 6 heteroatoms. The van der Waals surface area contributed by atoms with Crippen LogP contribution in [0.15, 0.2) is 35.2 Å². The van der Waals surface area contributed by atoms with Gasteiger partial charge in [0, 0.05) is 11.4 Å². The van der Waals surface area contributed by atoms with Gasteiger partial charge in [-0.2, -0.15) is 0 Å². The molecule has 1 aliphatic rings. The van der Waals surface area contributed by atoms with Gasteiger partial charge in [-0.15, -0.1) is 11.8 Å². The number of thioether (sulfide) groups is 1. The number of aliphatic carboxylic acids is 1. The molecule has 0 bridgehead atoms. The molecular formula is C15H19NO4S. The van der Waals surface area contributed by atoms with Crippen molar-refractivity contribution in [1.82, 2.24) is 4.90 Å². The fourth-order valence-corrected chi connectivity index (χ4v) is 3.27. The maximum Gasteiger partial charge on any atom is 0.328 e. The van der Waals surface area contributed by atoms with Crippen molar-refractivity contribution in [2.45, 2.75) is 29.5 Å². The Morgan fingerprint density at radius 2 is 2.14 bits per heavy atom. The lowest BCUT2D eigenvalue weighted by Gasteiger charge is -2.35. The summed E-state index contributed by atoms with van der Waals surface area (Å²) in [7, 11) is 0. The van der Waals surface area contributed by atoms with E-state index in [1.54, 1.807) is 0 Å². The number of amides is 1. The number of ether oxygens (including phenoxy) is 1. The number of carboxylic acid groups (broad SMARTS) is 1. The van der Waals surface area contributed by atoms with Crippen molar-refractivity contribution >= 4 is 23.6 Å². The molecule has 21 heavy (non-hydrogen) atoms. The van der Waals surface area contributed by atoms with Crippen LogP contribution in [0.1, 0.15) is 13.3 Å². The van der Waals surface area contributed by atoms with Crippen LogP contribution >= 0.6 is 11.8 Å². The summed E-state index contributed by atoms with van der Waals surface area (Å²) in [6, 6.07) is 8.80. The lowest BCUT2D eigenvalue weighted by molar-refractivity contribution is -0.158. The molecule has 0 spiro atoms. The average molecular weight is 309 g/mol. The molecule has 5 nitrogen and oxygen atoms in total. The number of carbonyl (C=O) groups excluding carboxylic acids is 1. The summed E-state index contributed by atoms with van der Waals surface area (Å²) in [5.41, 5.74) is 0. The maximum absolute atomic E-state index is 12.6. The summed E-state index contributed by atoms with van der Waals surface area (Å²) in [5.74, 6) is -1.13. The molecule has 2 atom stereocenters. The fourth-order valence-electron chi connectivity index (χ4n) is 2.23. The number of nitrogens with zero attached hydrogens (tertiary/aromatic N) is 1. The predicted octanol–water partition coefficient (Wildman–Crippen LogP) is 1.87. The summed E-state index contributed by atoms with van der Waals surface area (Å²) in [6.45, 7) is 2.73. The molecule has 1 heterocycles. The molecule has 1 aromatic carbocycles. The molecule has 0 radical (unpaired) electrons. The number of carboxylic acids is 1. The first-order valence-electron chi connectivity index (χ1n) is 6.96. The van der Waals surface area contributed by atoms with Gasteiger partial charge in [0.15, 0.2) is 6.04 Å². The normalized spacial score (nSPS) is 20.0. The quantitative estimate of drug-likeness (QED) is 0.841. The average Bonchev–Trinajstić information content (AvgIpc) is 2.53. The summed E-state index contributed by atoms with van der Waals surface area (Å²) >= 11 is 1.48.